The van der Waals surface area contributed by atoms with Gasteiger partial charge in [0.05, 0.1) is 22.6 Å². The highest BCUT2D eigenvalue weighted by Gasteiger charge is 2.24. The molecule has 0 aromatic heterocycles. The van der Waals surface area contributed by atoms with Gasteiger partial charge in [-0.05, 0) is 49.7 Å². The van der Waals surface area contributed by atoms with Crippen molar-refractivity contribution in [2.24, 2.45) is 0 Å². The largest absolute Gasteiger partial charge is 0.478 e. The second kappa shape index (κ2) is 9.39. The minimum Gasteiger partial charge on any atom is -0.478 e. The van der Waals surface area contributed by atoms with Gasteiger partial charge in [-0.1, -0.05) is 29.8 Å². The summed E-state index contributed by atoms with van der Waals surface area (Å²) in [6.45, 7) is 2.03. The predicted octanol–water partition coefficient (Wildman–Crippen LogP) is 4.05. The van der Waals surface area contributed by atoms with Crippen LogP contribution in [0.3, 0.4) is 0 Å². The number of rotatable bonds is 8. The van der Waals surface area contributed by atoms with Crippen LogP contribution in [0, 0.1) is 0 Å². The molecule has 0 bridgehead atoms. The lowest BCUT2D eigenvalue weighted by molar-refractivity contribution is -0.131. The Labute approximate surface area is 168 Å². The van der Waals surface area contributed by atoms with E-state index in [0.717, 1.165) is 49.1 Å². The number of carbonyl (C=O) groups excluding carboxylic acids is 1. The van der Waals surface area contributed by atoms with E-state index in [2.05, 4.69) is 15.5 Å². The van der Waals surface area contributed by atoms with E-state index in [-0.39, 0.29) is 5.91 Å². The summed E-state index contributed by atoms with van der Waals surface area (Å²) in [5.74, 6) is -1.07. The summed E-state index contributed by atoms with van der Waals surface area (Å²) in [6, 6.07) is 13.0. The fourth-order valence-electron chi connectivity index (χ4n) is 3.16. The van der Waals surface area contributed by atoms with Gasteiger partial charge in [-0.2, -0.15) is 0 Å². The van der Waals surface area contributed by atoms with Crippen molar-refractivity contribution >= 4 is 40.5 Å². The number of para-hydroxylation sites is 1. The number of hydrogen-bond donors (Lipinski definition) is 3. The molecule has 28 heavy (non-hydrogen) atoms. The summed E-state index contributed by atoms with van der Waals surface area (Å²) in [7, 11) is 0. The number of aliphatic carboxylic acids is 1. The number of halogens is 1. The first-order valence-electron chi connectivity index (χ1n) is 9.14. The zero-order chi connectivity index (χ0) is 19.9. The van der Waals surface area contributed by atoms with Crippen LogP contribution in [0.2, 0.25) is 5.02 Å². The summed E-state index contributed by atoms with van der Waals surface area (Å²) < 4.78 is 0. The van der Waals surface area contributed by atoms with Gasteiger partial charge in [0.15, 0.2) is 0 Å². The van der Waals surface area contributed by atoms with Gasteiger partial charge in [-0.25, -0.2) is 4.79 Å². The van der Waals surface area contributed by atoms with Crippen LogP contribution in [0.4, 0.5) is 17.1 Å². The molecule has 0 saturated carbocycles. The minimum atomic E-state index is -0.942. The maximum Gasteiger partial charge on any atom is 0.328 e. The number of fused-ring (bicyclic) bond motifs is 2. The minimum absolute atomic E-state index is 0.131. The first kappa shape index (κ1) is 19.9. The fraction of sp³-hybridized carbons (Fsp3) is 0.238. The Morgan fingerprint density at radius 2 is 2.00 bits per heavy atom. The van der Waals surface area contributed by atoms with E-state index in [4.69, 9.17) is 16.7 Å². The summed E-state index contributed by atoms with van der Waals surface area (Å²) >= 11 is 6.22. The van der Waals surface area contributed by atoms with Gasteiger partial charge in [0, 0.05) is 24.2 Å². The van der Waals surface area contributed by atoms with Crippen LogP contribution in [0.15, 0.2) is 54.6 Å². The number of nitrogens with zero attached hydrogens (tertiary/aromatic N) is 1. The number of benzene rings is 2. The van der Waals surface area contributed by atoms with E-state index >= 15 is 0 Å². The molecule has 0 atom stereocenters. The average Bonchev–Trinajstić information content (AvgIpc) is 2.79. The molecule has 0 spiro atoms. The Bertz CT molecular complexity index is 898. The fourth-order valence-corrected chi connectivity index (χ4v) is 3.33. The van der Waals surface area contributed by atoms with Gasteiger partial charge in [0.25, 0.3) is 5.91 Å². The Morgan fingerprint density at radius 1 is 1.18 bits per heavy atom. The first-order chi connectivity index (χ1) is 13.6. The zero-order valence-corrected chi connectivity index (χ0v) is 16.1. The number of carboxylic acid groups (broad SMARTS) is 1. The Hall–Kier alpha value is -2.83. The second-order valence-electron chi connectivity index (χ2n) is 6.44. The van der Waals surface area contributed by atoms with E-state index in [9.17, 15) is 9.59 Å². The molecule has 1 aliphatic heterocycles. The molecule has 0 unspecified atom stereocenters. The highest BCUT2D eigenvalue weighted by atomic mass is 35.5. The third kappa shape index (κ3) is 4.91. The molecule has 1 amide bonds. The third-order valence-electron chi connectivity index (χ3n) is 4.45. The second-order valence-corrected chi connectivity index (χ2v) is 6.87. The van der Waals surface area contributed by atoms with Crippen molar-refractivity contribution in [3.63, 3.8) is 0 Å². The standard InChI is InChI=1S/C21H22ClN3O3/c22-15-9-10-17-19(14-15)25(13-4-3-11-23-12-5-8-20(26)27)18-7-2-1-6-16(18)21(28)24-17/h1-2,5-10,14,23H,3-4,11-13H2,(H,24,28)(H,26,27)/b8-5+. The lowest BCUT2D eigenvalue weighted by Crippen LogP contribution is -2.21. The number of carboxylic acids is 1. The Kier molecular flexibility index (Phi) is 6.68. The lowest BCUT2D eigenvalue weighted by Gasteiger charge is -2.26. The highest BCUT2D eigenvalue weighted by Crippen LogP contribution is 2.39. The van der Waals surface area contributed by atoms with Crippen molar-refractivity contribution < 1.29 is 14.7 Å². The number of unbranched alkanes of at least 4 members (excludes halogenated alkanes) is 1. The monoisotopic (exact) mass is 399 g/mol. The normalized spacial score (nSPS) is 13.0. The molecule has 7 heteroatoms. The van der Waals surface area contributed by atoms with Crippen molar-refractivity contribution in [1.29, 1.82) is 0 Å². The molecule has 146 valence electrons. The van der Waals surface area contributed by atoms with E-state index < -0.39 is 5.97 Å². The smallest absolute Gasteiger partial charge is 0.328 e. The molecule has 0 aliphatic carbocycles. The number of hydrogen-bond acceptors (Lipinski definition) is 4. The van der Waals surface area contributed by atoms with Gasteiger partial charge in [-0.15, -0.1) is 0 Å². The summed E-state index contributed by atoms with van der Waals surface area (Å²) in [4.78, 5) is 25.1. The number of amides is 1. The summed E-state index contributed by atoms with van der Waals surface area (Å²) in [5, 5.41) is 15.3. The first-order valence-corrected chi connectivity index (χ1v) is 9.51. The van der Waals surface area contributed by atoms with Crippen molar-refractivity contribution in [2.75, 3.05) is 29.9 Å². The van der Waals surface area contributed by atoms with Gasteiger partial charge in [0.2, 0.25) is 0 Å². The molecule has 3 N–H and O–H groups in total. The van der Waals surface area contributed by atoms with Crippen LogP contribution in [0.5, 0.6) is 0 Å². The molecule has 1 heterocycles. The molecule has 0 fully saturated rings. The van der Waals surface area contributed by atoms with Gasteiger partial charge >= 0.3 is 5.97 Å². The van der Waals surface area contributed by atoms with Crippen LogP contribution in [0.1, 0.15) is 23.2 Å². The van der Waals surface area contributed by atoms with Crippen LogP contribution in [-0.4, -0.2) is 36.6 Å². The maximum absolute atomic E-state index is 12.6. The molecule has 2 aromatic rings. The highest BCUT2D eigenvalue weighted by molar-refractivity contribution is 6.31. The maximum atomic E-state index is 12.6. The van der Waals surface area contributed by atoms with Crippen molar-refractivity contribution in [1.82, 2.24) is 5.32 Å². The van der Waals surface area contributed by atoms with E-state index in [1.54, 1.807) is 12.1 Å². The van der Waals surface area contributed by atoms with E-state index in [1.807, 2.05) is 36.4 Å². The van der Waals surface area contributed by atoms with Crippen LogP contribution >= 0.6 is 11.6 Å². The number of carbonyl (C=O) groups is 2. The average molecular weight is 400 g/mol. The third-order valence-corrected chi connectivity index (χ3v) is 4.68. The van der Waals surface area contributed by atoms with Gasteiger partial charge in [-0.3, -0.25) is 4.79 Å². The SMILES string of the molecule is O=C(O)/C=C/CNCCCCN1c2cc(Cl)ccc2NC(=O)c2ccccc21. The molecular weight excluding hydrogens is 378 g/mol. The van der Waals surface area contributed by atoms with E-state index in [1.165, 1.54) is 0 Å². The Morgan fingerprint density at radius 3 is 2.82 bits per heavy atom. The number of anilines is 3. The number of nitrogens with one attached hydrogen (secondary N) is 2. The van der Waals surface area contributed by atoms with Crippen molar-refractivity contribution in [2.45, 2.75) is 12.8 Å². The molecule has 3 rings (SSSR count). The van der Waals surface area contributed by atoms with E-state index in [0.29, 0.717) is 17.1 Å². The van der Waals surface area contributed by atoms with Crippen molar-refractivity contribution in [3.05, 3.63) is 65.2 Å². The lowest BCUT2D eigenvalue weighted by atomic mass is 10.1. The zero-order valence-electron chi connectivity index (χ0n) is 15.3. The van der Waals surface area contributed by atoms with Gasteiger partial charge in [0.1, 0.15) is 0 Å². The molecule has 6 nitrogen and oxygen atoms in total. The summed E-state index contributed by atoms with van der Waals surface area (Å²) in [5.41, 5.74) is 3.11. The molecule has 0 radical (unpaired) electrons. The van der Waals surface area contributed by atoms with Crippen LogP contribution in [-0.2, 0) is 4.79 Å². The Balaban J connectivity index is 1.69. The van der Waals surface area contributed by atoms with Crippen molar-refractivity contribution in [3.8, 4) is 0 Å². The predicted molar refractivity (Wildman–Crippen MR) is 112 cm³/mol. The molecule has 0 saturated heterocycles. The quantitative estimate of drug-likeness (QED) is 0.460. The molecule has 2 aromatic carbocycles. The topological polar surface area (TPSA) is 81.7 Å². The molecule has 1 aliphatic rings. The van der Waals surface area contributed by atoms with Crippen LogP contribution in [0.25, 0.3) is 0 Å². The van der Waals surface area contributed by atoms with Gasteiger partial charge < -0.3 is 20.6 Å². The molecular formula is C21H22ClN3O3. The van der Waals surface area contributed by atoms with Crippen LogP contribution < -0.4 is 15.5 Å². The summed E-state index contributed by atoms with van der Waals surface area (Å²) in [6.07, 6.45) is 4.52.